The minimum atomic E-state index is -0.495. The van der Waals surface area contributed by atoms with Crippen molar-refractivity contribution in [3.8, 4) is 5.75 Å². The SMILES string of the molecule is CCOc1ccccc1NC(=O)[C@@H](C)Nc1ccc(N2CCCC2=O)c(Cl)c1. The lowest BCUT2D eigenvalue weighted by atomic mass is 10.2. The molecule has 2 N–H and O–H groups in total. The number of halogens is 1. The molecule has 2 amide bonds. The van der Waals surface area contributed by atoms with Crippen LogP contribution in [0.4, 0.5) is 17.1 Å². The predicted octanol–water partition coefficient (Wildman–Crippen LogP) is 4.30. The Bertz CT molecular complexity index is 872. The number of para-hydroxylation sites is 2. The van der Waals surface area contributed by atoms with E-state index >= 15 is 0 Å². The van der Waals surface area contributed by atoms with Gasteiger partial charge < -0.3 is 20.3 Å². The number of hydrogen-bond acceptors (Lipinski definition) is 4. The van der Waals surface area contributed by atoms with E-state index in [0.717, 1.165) is 6.42 Å². The predicted molar refractivity (Wildman–Crippen MR) is 112 cm³/mol. The highest BCUT2D eigenvalue weighted by Gasteiger charge is 2.24. The molecule has 6 nitrogen and oxygen atoms in total. The van der Waals surface area contributed by atoms with Crippen LogP contribution < -0.4 is 20.3 Å². The molecule has 2 aromatic rings. The number of benzene rings is 2. The van der Waals surface area contributed by atoms with Crippen LogP contribution in [0.2, 0.25) is 5.02 Å². The van der Waals surface area contributed by atoms with Gasteiger partial charge in [-0.3, -0.25) is 9.59 Å². The minimum Gasteiger partial charge on any atom is -0.492 e. The van der Waals surface area contributed by atoms with E-state index in [2.05, 4.69) is 10.6 Å². The number of ether oxygens (including phenoxy) is 1. The molecular formula is C21H24ClN3O3. The lowest BCUT2D eigenvalue weighted by Gasteiger charge is -2.20. The van der Waals surface area contributed by atoms with E-state index in [0.29, 0.717) is 47.4 Å². The number of anilines is 3. The summed E-state index contributed by atoms with van der Waals surface area (Å²) in [5.74, 6) is 0.526. The molecule has 3 rings (SSSR count). The Labute approximate surface area is 169 Å². The number of rotatable bonds is 7. The fraction of sp³-hybridized carbons (Fsp3) is 0.333. The standard InChI is InChI=1S/C21H24ClN3O3/c1-3-28-19-8-5-4-7-17(19)24-21(27)14(2)23-15-10-11-18(16(22)13-15)25-12-6-9-20(25)26/h4-5,7-8,10-11,13-14,23H,3,6,9,12H2,1-2H3,(H,24,27)/t14-/m1/s1. The van der Waals surface area contributed by atoms with Crippen molar-refractivity contribution in [2.24, 2.45) is 0 Å². The summed E-state index contributed by atoms with van der Waals surface area (Å²) in [4.78, 5) is 26.2. The highest BCUT2D eigenvalue weighted by atomic mass is 35.5. The number of nitrogens with zero attached hydrogens (tertiary/aromatic N) is 1. The fourth-order valence-electron chi connectivity index (χ4n) is 3.13. The van der Waals surface area contributed by atoms with Gasteiger partial charge in [0.2, 0.25) is 11.8 Å². The summed E-state index contributed by atoms with van der Waals surface area (Å²) in [7, 11) is 0. The summed E-state index contributed by atoms with van der Waals surface area (Å²) < 4.78 is 5.54. The van der Waals surface area contributed by atoms with E-state index in [1.807, 2.05) is 37.3 Å². The van der Waals surface area contributed by atoms with Crippen LogP contribution in [0.1, 0.15) is 26.7 Å². The maximum Gasteiger partial charge on any atom is 0.246 e. The Hall–Kier alpha value is -2.73. The first-order chi connectivity index (χ1) is 13.5. The number of hydrogen-bond donors (Lipinski definition) is 2. The van der Waals surface area contributed by atoms with Gasteiger partial charge in [0.1, 0.15) is 11.8 Å². The average molecular weight is 402 g/mol. The highest BCUT2D eigenvalue weighted by molar-refractivity contribution is 6.34. The number of carbonyl (C=O) groups is 2. The van der Waals surface area contributed by atoms with Crippen molar-refractivity contribution in [2.75, 3.05) is 28.7 Å². The molecule has 0 saturated carbocycles. The summed E-state index contributed by atoms with van der Waals surface area (Å²) in [6, 6.07) is 12.2. The maximum atomic E-state index is 12.6. The van der Waals surface area contributed by atoms with Crippen LogP contribution in [0, 0.1) is 0 Å². The molecule has 7 heteroatoms. The van der Waals surface area contributed by atoms with Crippen LogP contribution in [0.5, 0.6) is 5.75 Å². The van der Waals surface area contributed by atoms with E-state index < -0.39 is 6.04 Å². The second-order valence-corrected chi connectivity index (χ2v) is 7.01. The van der Waals surface area contributed by atoms with Crippen molar-refractivity contribution in [1.82, 2.24) is 0 Å². The van der Waals surface area contributed by atoms with E-state index in [9.17, 15) is 9.59 Å². The minimum absolute atomic E-state index is 0.0864. The third-order valence-corrected chi connectivity index (χ3v) is 4.84. The monoisotopic (exact) mass is 401 g/mol. The fourth-order valence-corrected chi connectivity index (χ4v) is 3.41. The molecule has 1 atom stereocenters. The smallest absolute Gasteiger partial charge is 0.246 e. The first kappa shape index (κ1) is 20.0. The normalized spacial score (nSPS) is 14.7. The molecule has 1 aliphatic rings. The van der Waals surface area contributed by atoms with Gasteiger partial charge in [-0.1, -0.05) is 23.7 Å². The first-order valence-corrected chi connectivity index (χ1v) is 9.76. The second-order valence-electron chi connectivity index (χ2n) is 6.60. The van der Waals surface area contributed by atoms with Gasteiger partial charge in [0, 0.05) is 18.7 Å². The molecular weight excluding hydrogens is 378 g/mol. The summed E-state index contributed by atoms with van der Waals surface area (Å²) >= 11 is 6.37. The third kappa shape index (κ3) is 4.57. The zero-order valence-corrected chi connectivity index (χ0v) is 16.8. The van der Waals surface area contributed by atoms with Crippen molar-refractivity contribution < 1.29 is 14.3 Å². The van der Waals surface area contributed by atoms with Gasteiger partial charge in [-0.15, -0.1) is 0 Å². The summed E-state index contributed by atoms with van der Waals surface area (Å²) in [6.45, 7) is 4.87. The van der Waals surface area contributed by atoms with E-state index in [1.54, 1.807) is 24.0 Å². The lowest BCUT2D eigenvalue weighted by Crippen LogP contribution is -2.32. The Morgan fingerprint density at radius 2 is 2.07 bits per heavy atom. The summed E-state index contributed by atoms with van der Waals surface area (Å²) in [6.07, 6.45) is 1.40. The maximum absolute atomic E-state index is 12.6. The molecule has 1 fully saturated rings. The molecule has 148 valence electrons. The molecule has 1 heterocycles. The van der Waals surface area contributed by atoms with Gasteiger partial charge in [-0.25, -0.2) is 0 Å². The van der Waals surface area contributed by atoms with Gasteiger partial charge in [0.05, 0.1) is 23.0 Å². The van der Waals surface area contributed by atoms with E-state index in [4.69, 9.17) is 16.3 Å². The van der Waals surface area contributed by atoms with Crippen LogP contribution in [0.15, 0.2) is 42.5 Å². The van der Waals surface area contributed by atoms with Gasteiger partial charge in [-0.05, 0) is 50.6 Å². The highest BCUT2D eigenvalue weighted by Crippen LogP contribution is 2.32. The Morgan fingerprint density at radius 1 is 1.29 bits per heavy atom. The summed E-state index contributed by atoms with van der Waals surface area (Å²) in [5, 5.41) is 6.50. The largest absolute Gasteiger partial charge is 0.492 e. The van der Waals surface area contributed by atoms with Crippen LogP contribution in [-0.4, -0.2) is 31.0 Å². The quantitative estimate of drug-likeness (QED) is 0.725. The molecule has 0 bridgehead atoms. The average Bonchev–Trinajstić information content (AvgIpc) is 3.09. The molecule has 0 spiro atoms. The molecule has 1 aliphatic heterocycles. The zero-order chi connectivity index (χ0) is 20.1. The third-order valence-electron chi connectivity index (χ3n) is 4.53. The van der Waals surface area contributed by atoms with Crippen molar-refractivity contribution in [1.29, 1.82) is 0 Å². The Balaban J connectivity index is 1.66. The second kappa shape index (κ2) is 8.97. The zero-order valence-electron chi connectivity index (χ0n) is 16.0. The molecule has 0 radical (unpaired) electrons. The van der Waals surface area contributed by atoms with Crippen LogP contribution >= 0.6 is 11.6 Å². The van der Waals surface area contributed by atoms with Gasteiger partial charge in [-0.2, -0.15) is 0 Å². The number of amides is 2. The molecule has 28 heavy (non-hydrogen) atoms. The van der Waals surface area contributed by atoms with E-state index in [-0.39, 0.29) is 11.8 Å². The van der Waals surface area contributed by atoms with Crippen molar-refractivity contribution >= 4 is 40.5 Å². The molecule has 1 saturated heterocycles. The molecule has 2 aromatic carbocycles. The Kier molecular flexibility index (Phi) is 6.41. The topological polar surface area (TPSA) is 70.7 Å². The lowest BCUT2D eigenvalue weighted by molar-refractivity contribution is -0.117. The van der Waals surface area contributed by atoms with E-state index in [1.165, 1.54) is 0 Å². The molecule has 0 unspecified atom stereocenters. The van der Waals surface area contributed by atoms with Crippen molar-refractivity contribution in [2.45, 2.75) is 32.7 Å². The van der Waals surface area contributed by atoms with Gasteiger partial charge >= 0.3 is 0 Å². The number of carbonyl (C=O) groups excluding carboxylic acids is 2. The van der Waals surface area contributed by atoms with Crippen LogP contribution in [0.25, 0.3) is 0 Å². The van der Waals surface area contributed by atoms with Gasteiger partial charge in [0.15, 0.2) is 0 Å². The van der Waals surface area contributed by atoms with Crippen LogP contribution in [0.3, 0.4) is 0 Å². The number of nitrogens with one attached hydrogen (secondary N) is 2. The van der Waals surface area contributed by atoms with Gasteiger partial charge in [0.25, 0.3) is 0 Å². The Morgan fingerprint density at radius 3 is 2.75 bits per heavy atom. The summed E-state index contributed by atoms with van der Waals surface area (Å²) in [5.41, 5.74) is 2.04. The first-order valence-electron chi connectivity index (χ1n) is 9.38. The van der Waals surface area contributed by atoms with Crippen LogP contribution in [-0.2, 0) is 9.59 Å². The molecule has 0 aliphatic carbocycles. The van der Waals surface area contributed by atoms with Crippen molar-refractivity contribution in [3.63, 3.8) is 0 Å². The molecule has 0 aromatic heterocycles. The van der Waals surface area contributed by atoms with Crippen molar-refractivity contribution in [3.05, 3.63) is 47.5 Å².